The lowest BCUT2D eigenvalue weighted by molar-refractivity contribution is 0.975. The quantitative estimate of drug-likeness (QED) is 0.523. The standard InChI is InChI=1S/C6H11N/c1-2-6(7)5-3-4-5/h2,5H,3-4,7H2,1H3/b6-2+. The lowest BCUT2D eigenvalue weighted by Gasteiger charge is -1.89. The highest BCUT2D eigenvalue weighted by Crippen LogP contribution is 2.33. The highest BCUT2D eigenvalue weighted by molar-refractivity contribution is 5.06. The minimum Gasteiger partial charge on any atom is -0.402 e. The van der Waals surface area contributed by atoms with E-state index in [1.165, 1.54) is 12.8 Å². The molecule has 0 saturated heterocycles. The van der Waals surface area contributed by atoms with Crippen molar-refractivity contribution < 1.29 is 0 Å². The molecule has 1 nitrogen and oxygen atoms in total. The molecule has 1 rings (SSSR count). The molecule has 1 heteroatoms. The van der Waals surface area contributed by atoms with Crippen molar-refractivity contribution in [3.63, 3.8) is 0 Å². The third-order valence-electron chi connectivity index (χ3n) is 1.38. The van der Waals surface area contributed by atoms with Gasteiger partial charge in [-0.25, -0.2) is 0 Å². The van der Waals surface area contributed by atoms with Crippen LogP contribution in [0.15, 0.2) is 11.8 Å². The van der Waals surface area contributed by atoms with Crippen LogP contribution < -0.4 is 5.73 Å². The van der Waals surface area contributed by atoms with Crippen molar-refractivity contribution in [2.75, 3.05) is 0 Å². The zero-order valence-corrected chi connectivity index (χ0v) is 4.65. The van der Waals surface area contributed by atoms with E-state index in [4.69, 9.17) is 5.73 Å². The van der Waals surface area contributed by atoms with E-state index in [1.807, 2.05) is 13.0 Å². The van der Waals surface area contributed by atoms with Gasteiger partial charge in [0, 0.05) is 5.70 Å². The van der Waals surface area contributed by atoms with Crippen molar-refractivity contribution in [2.45, 2.75) is 19.8 Å². The van der Waals surface area contributed by atoms with Gasteiger partial charge in [0.25, 0.3) is 0 Å². The molecule has 1 aliphatic rings. The molecular formula is C6H11N. The van der Waals surface area contributed by atoms with Crippen LogP contribution in [-0.4, -0.2) is 0 Å². The second-order valence-electron chi connectivity index (χ2n) is 2.06. The van der Waals surface area contributed by atoms with Gasteiger partial charge in [-0.15, -0.1) is 0 Å². The fourth-order valence-electron chi connectivity index (χ4n) is 0.652. The first-order chi connectivity index (χ1) is 3.34. The van der Waals surface area contributed by atoms with E-state index in [1.54, 1.807) is 0 Å². The molecule has 1 fully saturated rings. The molecule has 0 unspecified atom stereocenters. The van der Waals surface area contributed by atoms with Gasteiger partial charge >= 0.3 is 0 Å². The molecule has 7 heavy (non-hydrogen) atoms. The lowest BCUT2D eigenvalue weighted by Crippen LogP contribution is -1.96. The van der Waals surface area contributed by atoms with Crippen LogP contribution in [0.25, 0.3) is 0 Å². The minimum absolute atomic E-state index is 0.755. The van der Waals surface area contributed by atoms with Crippen LogP contribution in [0, 0.1) is 5.92 Å². The van der Waals surface area contributed by atoms with E-state index >= 15 is 0 Å². The molecule has 1 saturated carbocycles. The maximum Gasteiger partial charge on any atom is 0.00686 e. The third kappa shape index (κ3) is 0.952. The van der Waals surface area contributed by atoms with Gasteiger partial charge in [-0.05, 0) is 25.7 Å². The summed E-state index contributed by atoms with van der Waals surface area (Å²) in [5, 5.41) is 0. The summed E-state index contributed by atoms with van der Waals surface area (Å²) in [6.45, 7) is 1.99. The van der Waals surface area contributed by atoms with E-state index < -0.39 is 0 Å². The van der Waals surface area contributed by atoms with E-state index in [2.05, 4.69) is 0 Å². The number of allylic oxidation sites excluding steroid dienone is 2. The molecule has 0 amide bonds. The highest BCUT2D eigenvalue weighted by Gasteiger charge is 2.22. The zero-order chi connectivity index (χ0) is 5.28. The first-order valence-electron chi connectivity index (χ1n) is 2.76. The van der Waals surface area contributed by atoms with E-state index in [0.717, 1.165) is 11.6 Å². The van der Waals surface area contributed by atoms with Crippen molar-refractivity contribution in [3.8, 4) is 0 Å². The van der Waals surface area contributed by atoms with Crippen LogP contribution in [0.4, 0.5) is 0 Å². The summed E-state index contributed by atoms with van der Waals surface area (Å²) < 4.78 is 0. The molecule has 0 aliphatic heterocycles. The maximum atomic E-state index is 5.54. The molecule has 0 atom stereocenters. The van der Waals surface area contributed by atoms with Gasteiger partial charge < -0.3 is 5.73 Å². The van der Waals surface area contributed by atoms with Crippen molar-refractivity contribution in [2.24, 2.45) is 11.7 Å². The Balaban J connectivity index is 2.37. The summed E-state index contributed by atoms with van der Waals surface area (Å²) in [5.74, 6) is 0.755. The summed E-state index contributed by atoms with van der Waals surface area (Å²) >= 11 is 0. The van der Waals surface area contributed by atoms with Crippen LogP contribution in [0.3, 0.4) is 0 Å². The van der Waals surface area contributed by atoms with Crippen molar-refractivity contribution in [3.05, 3.63) is 11.8 Å². The first-order valence-corrected chi connectivity index (χ1v) is 2.76. The summed E-state index contributed by atoms with van der Waals surface area (Å²) in [7, 11) is 0. The van der Waals surface area contributed by atoms with Crippen molar-refractivity contribution in [1.82, 2.24) is 0 Å². The van der Waals surface area contributed by atoms with Gasteiger partial charge in [0.05, 0.1) is 0 Å². The largest absolute Gasteiger partial charge is 0.402 e. The highest BCUT2D eigenvalue weighted by atomic mass is 14.6. The molecule has 1 aliphatic carbocycles. The SMILES string of the molecule is C/C=C(/N)C1CC1. The number of nitrogens with two attached hydrogens (primary N) is 1. The number of hydrogen-bond acceptors (Lipinski definition) is 1. The minimum atomic E-state index is 0.755. The number of hydrogen-bond donors (Lipinski definition) is 1. The molecule has 40 valence electrons. The van der Waals surface area contributed by atoms with Crippen LogP contribution in [0.1, 0.15) is 19.8 Å². The second kappa shape index (κ2) is 1.57. The Labute approximate surface area is 44.2 Å². The molecule has 0 aromatic heterocycles. The molecule has 0 spiro atoms. The molecule has 0 aromatic carbocycles. The van der Waals surface area contributed by atoms with Gasteiger partial charge in [0.1, 0.15) is 0 Å². The summed E-state index contributed by atoms with van der Waals surface area (Å²) in [4.78, 5) is 0. The number of rotatable bonds is 1. The molecule has 0 aromatic rings. The van der Waals surface area contributed by atoms with Crippen LogP contribution in [0.5, 0.6) is 0 Å². The summed E-state index contributed by atoms with van der Waals surface area (Å²) in [5.41, 5.74) is 6.62. The molecule has 2 N–H and O–H groups in total. The monoisotopic (exact) mass is 97.1 g/mol. The van der Waals surface area contributed by atoms with Gasteiger partial charge in [0.15, 0.2) is 0 Å². The van der Waals surface area contributed by atoms with Gasteiger partial charge in [-0.2, -0.15) is 0 Å². The predicted octanol–water partition coefficient (Wildman–Crippen LogP) is 1.26. The Bertz CT molecular complexity index is 90.4. The second-order valence-corrected chi connectivity index (χ2v) is 2.06. The molecule has 0 radical (unpaired) electrons. The van der Waals surface area contributed by atoms with Crippen LogP contribution in [0.2, 0.25) is 0 Å². The Kier molecular flexibility index (Phi) is 1.05. The van der Waals surface area contributed by atoms with E-state index in [0.29, 0.717) is 0 Å². The van der Waals surface area contributed by atoms with Gasteiger partial charge in [-0.3, -0.25) is 0 Å². The fourth-order valence-corrected chi connectivity index (χ4v) is 0.652. The predicted molar refractivity (Wildman–Crippen MR) is 30.7 cm³/mol. The van der Waals surface area contributed by atoms with E-state index in [-0.39, 0.29) is 0 Å². The van der Waals surface area contributed by atoms with Crippen LogP contribution >= 0.6 is 0 Å². The normalized spacial score (nSPS) is 22.7. The van der Waals surface area contributed by atoms with E-state index in [9.17, 15) is 0 Å². The fraction of sp³-hybridized carbons (Fsp3) is 0.667. The smallest absolute Gasteiger partial charge is 0.00686 e. The molecule has 0 heterocycles. The Morgan fingerprint density at radius 3 is 2.43 bits per heavy atom. The Morgan fingerprint density at radius 2 is 2.29 bits per heavy atom. The Morgan fingerprint density at radius 1 is 1.71 bits per heavy atom. The third-order valence-corrected chi connectivity index (χ3v) is 1.38. The zero-order valence-electron chi connectivity index (χ0n) is 4.65. The summed E-state index contributed by atoms with van der Waals surface area (Å²) in [6, 6.07) is 0. The first kappa shape index (κ1) is 4.69. The Hall–Kier alpha value is -0.460. The molecule has 0 bridgehead atoms. The lowest BCUT2D eigenvalue weighted by atomic mass is 10.3. The van der Waals surface area contributed by atoms with Gasteiger partial charge in [-0.1, -0.05) is 6.08 Å². The van der Waals surface area contributed by atoms with Crippen LogP contribution in [-0.2, 0) is 0 Å². The average Bonchev–Trinajstić information content (AvgIpc) is 2.44. The van der Waals surface area contributed by atoms with Crippen molar-refractivity contribution >= 4 is 0 Å². The molecular weight excluding hydrogens is 86.1 g/mol. The van der Waals surface area contributed by atoms with Gasteiger partial charge in [0.2, 0.25) is 0 Å². The topological polar surface area (TPSA) is 26.0 Å². The summed E-state index contributed by atoms with van der Waals surface area (Å²) in [6.07, 6.45) is 4.63. The maximum absolute atomic E-state index is 5.54. The average molecular weight is 97.2 g/mol. The van der Waals surface area contributed by atoms with Crippen molar-refractivity contribution in [1.29, 1.82) is 0 Å².